The van der Waals surface area contributed by atoms with E-state index >= 15 is 0 Å². The predicted octanol–water partition coefficient (Wildman–Crippen LogP) is 1.57. The third kappa shape index (κ3) is 2.29. The van der Waals surface area contributed by atoms with Crippen LogP contribution in [-0.4, -0.2) is 24.2 Å². The van der Waals surface area contributed by atoms with E-state index in [0.29, 0.717) is 11.7 Å². The van der Waals surface area contributed by atoms with Gasteiger partial charge in [-0.15, -0.1) is 0 Å². The molecule has 0 aliphatic rings. The van der Waals surface area contributed by atoms with Gasteiger partial charge in [0.2, 0.25) is 11.7 Å². The summed E-state index contributed by atoms with van der Waals surface area (Å²) in [4.78, 5) is 6.27. The summed E-state index contributed by atoms with van der Waals surface area (Å²) in [6.07, 6.45) is 0. The Morgan fingerprint density at radius 1 is 1.35 bits per heavy atom. The zero-order chi connectivity index (χ0) is 12.4. The first-order valence-corrected chi connectivity index (χ1v) is 5.43. The van der Waals surface area contributed by atoms with Crippen LogP contribution < -0.4 is 10.6 Å². The molecule has 0 amide bonds. The number of hydrogen-bond acceptors (Lipinski definition) is 5. The third-order valence-corrected chi connectivity index (χ3v) is 2.59. The first-order valence-electron chi connectivity index (χ1n) is 5.43. The first-order chi connectivity index (χ1) is 8.11. The van der Waals surface area contributed by atoms with E-state index in [0.717, 1.165) is 11.3 Å². The van der Waals surface area contributed by atoms with Gasteiger partial charge in [-0.25, -0.2) is 0 Å². The summed E-state index contributed by atoms with van der Waals surface area (Å²) in [5, 5.41) is 3.90. The largest absolute Gasteiger partial charge is 0.377 e. The van der Waals surface area contributed by atoms with E-state index in [4.69, 9.17) is 10.3 Å². The average Bonchev–Trinajstić information content (AvgIpc) is 2.78. The van der Waals surface area contributed by atoms with Crippen LogP contribution in [0, 0.1) is 6.92 Å². The Hall–Kier alpha value is -1.88. The van der Waals surface area contributed by atoms with Gasteiger partial charge in [-0.05, 0) is 18.6 Å². The molecule has 0 saturated heterocycles. The maximum absolute atomic E-state index is 5.44. The number of nitrogens with two attached hydrogens (primary N) is 1. The summed E-state index contributed by atoms with van der Waals surface area (Å²) in [5.41, 5.74) is 8.72. The Morgan fingerprint density at radius 2 is 2.12 bits per heavy atom. The number of anilines is 1. The lowest BCUT2D eigenvalue weighted by atomic mass is 10.1. The topological polar surface area (TPSA) is 68.2 Å². The Morgan fingerprint density at radius 3 is 2.71 bits per heavy atom. The highest BCUT2D eigenvalue weighted by molar-refractivity contribution is 5.65. The SMILES string of the molecule is Cc1ccc(-c2noc(CN)n2)cc1N(C)C. The summed E-state index contributed by atoms with van der Waals surface area (Å²) in [7, 11) is 4.02. The van der Waals surface area contributed by atoms with Crippen molar-refractivity contribution in [2.24, 2.45) is 5.73 Å². The molecule has 90 valence electrons. The molecular weight excluding hydrogens is 216 g/mol. The van der Waals surface area contributed by atoms with Crippen LogP contribution in [0.15, 0.2) is 22.7 Å². The van der Waals surface area contributed by atoms with E-state index < -0.39 is 0 Å². The normalized spacial score (nSPS) is 10.6. The van der Waals surface area contributed by atoms with Crippen molar-refractivity contribution in [3.63, 3.8) is 0 Å². The Kier molecular flexibility index (Phi) is 3.10. The van der Waals surface area contributed by atoms with Crippen molar-refractivity contribution < 1.29 is 4.52 Å². The molecule has 1 aromatic heterocycles. The predicted molar refractivity (Wildman–Crippen MR) is 66.7 cm³/mol. The zero-order valence-electron chi connectivity index (χ0n) is 10.3. The highest BCUT2D eigenvalue weighted by Crippen LogP contribution is 2.25. The van der Waals surface area contributed by atoms with Gasteiger partial charge in [0.05, 0.1) is 6.54 Å². The maximum Gasteiger partial charge on any atom is 0.240 e. The quantitative estimate of drug-likeness (QED) is 0.870. The molecule has 1 heterocycles. The van der Waals surface area contributed by atoms with Crippen molar-refractivity contribution in [1.29, 1.82) is 0 Å². The number of aryl methyl sites for hydroxylation is 1. The van der Waals surface area contributed by atoms with E-state index in [1.165, 1.54) is 5.56 Å². The van der Waals surface area contributed by atoms with Crippen molar-refractivity contribution in [1.82, 2.24) is 10.1 Å². The molecule has 2 aromatic rings. The van der Waals surface area contributed by atoms with Crippen molar-refractivity contribution >= 4 is 5.69 Å². The Balaban J connectivity index is 2.42. The van der Waals surface area contributed by atoms with E-state index in [9.17, 15) is 0 Å². The second-order valence-electron chi connectivity index (χ2n) is 4.11. The van der Waals surface area contributed by atoms with Gasteiger partial charge in [0.15, 0.2) is 0 Å². The van der Waals surface area contributed by atoms with E-state index in [1.807, 2.05) is 32.3 Å². The fraction of sp³-hybridized carbons (Fsp3) is 0.333. The van der Waals surface area contributed by atoms with Gasteiger partial charge in [0.25, 0.3) is 0 Å². The molecule has 0 aliphatic heterocycles. The third-order valence-electron chi connectivity index (χ3n) is 2.59. The van der Waals surface area contributed by atoms with Gasteiger partial charge < -0.3 is 15.2 Å². The highest BCUT2D eigenvalue weighted by Gasteiger charge is 2.09. The molecule has 5 nitrogen and oxygen atoms in total. The van der Waals surface area contributed by atoms with E-state index in [2.05, 4.69) is 22.0 Å². The summed E-state index contributed by atoms with van der Waals surface area (Å²) in [6, 6.07) is 6.07. The molecule has 2 rings (SSSR count). The van der Waals surface area contributed by atoms with Gasteiger partial charge in [-0.1, -0.05) is 17.3 Å². The number of hydrogen-bond donors (Lipinski definition) is 1. The number of aromatic nitrogens is 2. The molecule has 0 aliphatic carbocycles. The lowest BCUT2D eigenvalue weighted by Gasteiger charge is -2.15. The summed E-state index contributed by atoms with van der Waals surface area (Å²) < 4.78 is 5.00. The maximum atomic E-state index is 5.44. The minimum atomic E-state index is 0.263. The molecule has 1 aromatic carbocycles. The number of rotatable bonds is 3. The molecule has 2 N–H and O–H groups in total. The molecule has 17 heavy (non-hydrogen) atoms. The molecule has 0 spiro atoms. The smallest absolute Gasteiger partial charge is 0.240 e. The van der Waals surface area contributed by atoms with Crippen molar-refractivity contribution in [2.75, 3.05) is 19.0 Å². The molecule has 0 bridgehead atoms. The van der Waals surface area contributed by atoms with Gasteiger partial charge in [0, 0.05) is 25.3 Å². The van der Waals surface area contributed by atoms with Crippen LogP contribution in [0.2, 0.25) is 0 Å². The monoisotopic (exact) mass is 232 g/mol. The van der Waals surface area contributed by atoms with E-state index in [1.54, 1.807) is 0 Å². The van der Waals surface area contributed by atoms with Crippen molar-refractivity contribution in [3.05, 3.63) is 29.7 Å². The van der Waals surface area contributed by atoms with Crippen LogP contribution in [0.25, 0.3) is 11.4 Å². The van der Waals surface area contributed by atoms with Crippen LogP contribution in [-0.2, 0) is 6.54 Å². The molecule has 0 atom stereocenters. The molecule has 0 radical (unpaired) electrons. The molecule has 0 fully saturated rings. The van der Waals surface area contributed by atoms with Crippen molar-refractivity contribution in [2.45, 2.75) is 13.5 Å². The van der Waals surface area contributed by atoms with Crippen LogP contribution in [0.5, 0.6) is 0 Å². The van der Waals surface area contributed by atoms with Crippen LogP contribution in [0.1, 0.15) is 11.5 Å². The Labute approximate surface area is 100 Å². The van der Waals surface area contributed by atoms with Crippen LogP contribution in [0.3, 0.4) is 0 Å². The number of nitrogens with zero attached hydrogens (tertiary/aromatic N) is 3. The van der Waals surface area contributed by atoms with Crippen LogP contribution in [0.4, 0.5) is 5.69 Å². The van der Waals surface area contributed by atoms with Gasteiger partial charge in [0.1, 0.15) is 0 Å². The molecule has 5 heteroatoms. The second-order valence-corrected chi connectivity index (χ2v) is 4.11. The van der Waals surface area contributed by atoms with E-state index in [-0.39, 0.29) is 6.54 Å². The van der Waals surface area contributed by atoms with Gasteiger partial charge in [-0.2, -0.15) is 4.98 Å². The summed E-state index contributed by atoms with van der Waals surface area (Å²) in [5.74, 6) is 1.03. The van der Waals surface area contributed by atoms with Crippen molar-refractivity contribution in [3.8, 4) is 11.4 Å². The fourth-order valence-corrected chi connectivity index (χ4v) is 1.69. The highest BCUT2D eigenvalue weighted by atomic mass is 16.5. The molecule has 0 saturated carbocycles. The average molecular weight is 232 g/mol. The summed E-state index contributed by atoms with van der Waals surface area (Å²) >= 11 is 0. The molecular formula is C12H16N4O. The standard InChI is InChI=1S/C12H16N4O/c1-8-4-5-9(6-10(8)16(2)3)12-14-11(7-13)17-15-12/h4-6H,7,13H2,1-3H3. The summed E-state index contributed by atoms with van der Waals surface area (Å²) in [6.45, 7) is 2.33. The lowest BCUT2D eigenvalue weighted by Crippen LogP contribution is -2.10. The first kappa shape index (κ1) is 11.6. The second kappa shape index (κ2) is 4.55. The number of benzene rings is 1. The fourth-order valence-electron chi connectivity index (χ4n) is 1.69. The van der Waals surface area contributed by atoms with Gasteiger partial charge in [-0.3, -0.25) is 0 Å². The minimum Gasteiger partial charge on any atom is -0.377 e. The van der Waals surface area contributed by atoms with Crippen LogP contribution >= 0.6 is 0 Å². The Bertz CT molecular complexity index is 519. The minimum absolute atomic E-state index is 0.263. The lowest BCUT2D eigenvalue weighted by molar-refractivity contribution is 0.380. The van der Waals surface area contributed by atoms with Gasteiger partial charge >= 0.3 is 0 Å². The molecule has 0 unspecified atom stereocenters. The zero-order valence-corrected chi connectivity index (χ0v) is 10.3.